The summed E-state index contributed by atoms with van der Waals surface area (Å²) in [6.07, 6.45) is 0. The minimum atomic E-state index is -1.18. The molecule has 11 heteroatoms. The third kappa shape index (κ3) is 5.98. The highest BCUT2D eigenvalue weighted by Gasteiger charge is 2.37. The largest absolute Gasteiger partial charge is 0.494 e. The molecule has 1 aromatic heterocycles. The van der Waals surface area contributed by atoms with Crippen LogP contribution in [0.1, 0.15) is 59.5 Å². The lowest BCUT2D eigenvalue weighted by molar-refractivity contribution is -0.123. The van der Waals surface area contributed by atoms with Crippen molar-refractivity contribution in [1.29, 1.82) is 0 Å². The number of halogens is 1. The molecule has 3 amide bonds. The maximum Gasteiger partial charge on any atom is 0.273 e. The van der Waals surface area contributed by atoms with E-state index in [2.05, 4.69) is 9.69 Å². The second-order valence-corrected chi connectivity index (χ2v) is 9.71. The molecule has 0 aliphatic carbocycles. The number of carbonyl (C=O) groups is 3. The molecule has 0 radical (unpaired) electrons. The first-order valence-corrected chi connectivity index (χ1v) is 11.9. The monoisotopic (exact) mass is 513 g/mol. The fourth-order valence-electron chi connectivity index (χ4n) is 3.49. The minimum Gasteiger partial charge on any atom is -0.494 e. The SMILES string of the molecule is CCOc1ccc([C@H](C(=O)NC(C)(C)C)N(C(=O)c2snc(C(N)=O)c2N)c2ccc(F)cc2)cc1. The standard InChI is InChI=1S/C25H28FN5O4S/c1-5-35-17-12-6-14(7-13-17)20(23(33)29-25(2,3)4)31(16-10-8-15(26)9-11-16)24(34)21-18(27)19(22(28)32)30-36-21/h6-13,20H,5,27H2,1-4H3,(H2,28,32)(H,29,33)/t20-/m1/s1. The van der Waals surface area contributed by atoms with E-state index in [0.717, 1.165) is 0 Å². The molecule has 1 heterocycles. The zero-order valence-corrected chi connectivity index (χ0v) is 21.2. The van der Waals surface area contributed by atoms with Gasteiger partial charge in [0, 0.05) is 11.2 Å². The molecular weight excluding hydrogens is 485 g/mol. The van der Waals surface area contributed by atoms with E-state index in [4.69, 9.17) is 16.2 Å². The zero-order valence-electron chi connectivity index (χ0n) is 20.4. The van der Waals surface area contributed by atoms with Crippen molar-refractivity contribution in [2.24, 2.45) is 5.73 Å². The Morgan fingerprint density at radius 2 is 1.72 bits per heavy atom. The number of amides is 3. The molecule has 0 saturated carbocycles. The second kappa shape index (κ2) is 10.7. The quantitative estimate of drug-likeness (QED) is 0.420. The first-order valence-electron chi connectivity index (χ1n) is 11.1. The van der Waals surface area contributed by atoms with E-state index in [-0.39, 0.29) is 21.9 Å². The molecule has 0 bridgehead atoms. The van der Waals surface area contributed by atoms with Crippen molar-refractivity contribution in [3.63, 3.8) is 0 Å². The van der Waals surface area contributed by atoms with Crippen LogP contribution >= 0.6 is 11.5 Å². The number of hydrogen-bond acceptors (Lipinski definition) is 7. The van der Waals surface area contributed by atoms with E-state index in [1.165, 1.54) is 29.2 Å². The molecule has 0 spiro atoms. The summed E-state index contributed by atoms with van der Waals surface area (Å²) in [6.45, 7) is 7.74. The highest BCUT2D eigenvalue weighted by molar-refractivity contribution is 7.09. The van der Waals surface area contributed by atoms with Gasteiger partial charge < -0.3 is 21.5 Å². The van der Waals surface area contributed by atoms with Crippen LogP contribution in [0.15, 0.2) is 48.5 Å². The number of nitrogens with two attached hydrogens (primary N) is 2. The van der Waals surface area contributed by atoms with Crippen LogP contribution in [0.3, 0.4) is 0 Å². The van der Waals surface area contributed by atoms with Crippen molar-refractivity contribution in [3.8, 4) is 5.75 Å². The number of aromatic nitrogens is 1. The van der Waals surface area contributed by atoms with Gasteiger partial charge in [-0.2, -0.15) is 4.37 Å². The van der Waals surface area contributed by atoms with Gasteiger partial charge in [-0.25, -0.2) is 4.39 Å². The summed E-state index contributed by atoms with van der Waals surface area (Å²) in [7, 11) is 0. The lowest BCUT2D eigenvalue weighted by Crippen LogP contribution is -2.49. The molecule has 36 heavy (non-hydrogen) atoms. The Hall–Kier alpha value is -3.99. The van der Waals surface area contributed by atoms with Crippen LogP contribution in [0.2, 0.25) is 0 Å². The average molecular weight is 514 g/mol. The van der Waals surface area contributed by atoms with E-state index >= 15 is 0 Å². The van der Waals surface area contributed by atoms with E-state index in [1.54, 1.807) is 24.3 Å². The lowest BCUT2D eigenvalue weighted by atomic mass is 10.00. The molecule has 2 aromatic carbocycles. The Labute approximate surface area is 212 Å². The number of nitrogens with one attached hydrogen (secondary N) is 1. The number of anilines is 2. The van der Waals surface area contributed by atoms with Crippen molar-refractivity contribution in [2.75, 3.05) is 17.2 Å². The molecular formula is C25H28FN5O4S. The van der Waals surface area contributed by atoms with Crippen molar-refractivity contribution < 1.29 is 23.5 Å². The van der Waals surface area contributed by atoms with Crippen LogP contribution < -0.4 is 26.4 Å². The average Bonchev–Trinajstić information content (AvgIpc) is 3.19. The molecule has 5 N–H and O–H groups in total. The summed E-state index contributed by atoms with van der Waals surface area (Å²) < 4.78 is 23.2. The van der Waals surface area contributed by atoms with Gasteiger partial charge in [-0.1, -0.05) is 12.1 Å². The number of ether oxygens (including phenoxy) is 1. The third-order valence-corrected chi connectivity index (χ3v) is 5.84. The number of nitrogens with zero attached hydrogens (tertiary/aromatic N) is 2. The fourth-order valence-corrected chi connectivity index (χ4v) is 4.23. The molecule has 0 saturated heterocycles. The van der Waals surface area contributed by atoms with Crippen LogP contribution in [-0.4, -0.2) is 34.2 Å². The van der Waals surface area contributed by atoms with Gasteiger partial charge in [0.2, 0.25) is 5.91 Å². The van der Waals surface area contributed by atoms with Gasteiger partial charge in [0.15, 0.2) is 5.69 Å². The first kappa shape index (κ1) is 26.6. The summed E-state index contributed by atoms with van der Waals surface area (Å²) in [6, 6.07) is 10.7. The lowest BCUT2D eigenvalue weighted by Gasteiger charge is -2.33. The molecule has 1 atom stereocenters. The van der Waals surface area contributed by atoms with Gasteiger partial charge in [-0.05, 0) is 81.2 Å². The molecule has 9 nitrogen and oxygen atoms in total. The summed E-state index contributed by atoms with van der Waals surface area (Å²) in [5.74, 6) is -2.00. The maximum absolute atomic E-state index is 13.9. The predicted octanol–water partition coefficient (Wildman–Crippen LogP) is 3.66. The predicted molar refractivity (Wildman–Crippen MR) is 137 cm³/mol. The topological polar surface area (TPSA) is 141 Å². The number of primary amides is 1. The van der Waals surface area contributed by atoms with Crippen LogP contribution in [0.5, 0.6) is 5.75 Å². The fraction of sp³-hybridized carbons (Fsp3) is 0.280. The van der Waals surface area contributed by atoms with Crippen LogP contribution in [-0.2, 0) is 4.79 Å². The van der Waals surface area contributed by atoms with Gasteiger partial charge in [-0.3, -0.25) is 19.3 Å². The van der Waals surface area contributed by atoms with Crippen molar-refractivity contribution in [3.05, 3.63) is 70.5 Å². The summed E-state index contributed by atoms with van der Waals surface area (Å²) in [5.41, 5.74) is 11.0. The van der Waals surface area contributed by atoms with Crippen molar-refractivity contribution >= 4 is 40.6 Å². The normalized spacial score (nSPS) is 12.0. The van der Waals surface area contributed by atoms with Gasteiger partial charge in [-0.15, -0.1) is 0 Å². The first-order chi connectivity index (χ1) is 16.9. The van der Waals surface area contributed by atoms with Crippen LogP contribution in [0, 0.1) is 5.82 Å². The summed E-state index contributed by atoms with van der Waals surface area (Å²) >= 11 is 0.692. The Balaban J connectivity index is 2.21. The number of hydrogen-bond donors (Lipinski definition) is 3. The van der Waals surface area contributed by atoms with Gasteiger partial charge >= 0.3 is 0 Å². The molecule has 0 fully saturated rings. The molecule has 0 unspecified atom stereocenters. The Bertz CT molecular complexity index is 1250. The van der Waals surface area contributed by atoms with Gasteiger partial charge in [0.1, 0.15) is 22.5 Å². The van der Waals surface area contributed by atoms with E-state index in [1.807, 2.05) is 27.7 Å². The molecule has 3 rings (SSSR count). The third-order valence-electron chi connectivity index (χ3n) is 4.99. The molecule has 190 valence electrons. The maximum atomic E-state index is 13.9. The second-order valence-electron chi connectivity index (χ2n) is 8.93. The van der Waals surface area contributed by atoms with E-state index in [0.29, 0.717) is 29.5 Å². The Kier molecular flexibility index (Phi) is 7.93. The number of carbonyl (C=O) groups excluding carboxylic acids is 3. The van der Waals surface area contributed by atoms with Crippen LogP contribution in [0.4, 0.5) is 15.8 Å². The summed E-state index contributed by atoms with van der Waals surface area (Å²) in [5, 5.41) is 2.91. The van der Waals surface area contributed by atoms with E-state index < -0.39 is 35.1 Å². The smallest absolute Gasteiger partial charge is 0.273 e. The van der Waals surface area contributed by atoms with Crippen molar-refractivity contribution in [2.45, 2.75) is 39.3 Å². The highest BCUT2D eigenvalue weighted by atomic mass is 32.1. The van der Waals surface area contributed by atoms with Gasteiger partial charge in [0.05, 0.1) is 12.3 Å². The van der Waals surface area contributed by atoms with Crippen LogP contribution in [0.25, 0.3) is 0 Å². The number of benzene rings is 2. The minimum absolute atomic E-state index is 0.0763. The van der Waals surface area contributed by atoms with Crippen molar-refractivity contribution in [1.82, 2.24) is 9.69 Å². The highest BCUT2D eigenvalue weighted by Crippen LogP contribution is 2.34. The van der Waals surface area contributed by atoms with Gasteiger partial charge in [0.25, 0.3) is 11.8 Å². The molecule has 0 aliphatic heterocycles. The molecule has 3 aromatic rings. The Morgan fingerprint density at radius 3 is 2.22 bits per heavy atom. The Morgan fingerprint density at radius 1 is 1.11 bits per heavy atom. The number of nitrogen functional groups attached to an aromatic ring is 1. The number of rotatable bonds is 8. The van der Waals surface area contributed by atoms with E-state index in [9.17, 15) is 18.8 Å². The zero-order chi connectivity index (χ0) is 26.6. The summed E-state index contributed by atoms with van der Waals surface area (Å²) in [4.78, 5) is 40.4. The molecule has 0 aliphatic rings.